The topological polar surface area (TPSA) is 89.0 Å². The molecule has 0 spiro atoms. The number of benzene rings is 1. The highest BCUT2D eigenvalue weighted by molar-refractivity contribution is 7.13. The Labute approximate surface area is 155 Å². The summed E-state index contributed by atoms with van der Waals surface area (Å²) in [6.07, 6.45) is 3.46. The molecule has 0 bridgehead atoms. The first-order valence-electron chi connectivity index (χ1n) is 8.15. The van der Waals surface area contributed by atoms with E-state index in [1.54, 1.807) is 30.9 Å². The van der Waals surface area contributed by atoms with Gasteiger partial charge < -0.3 is 10.1 Å². The molecular weight excluding hydrogens is 350 g/mol. The standard InChI is InChI=1S/C18H19N5O2S/c1-25-15-6-2-4-13(10-15)5-3-9-19-16-8-7-14(11-20-16)17(24)22-18-23-21-12-26-18/h2,4,6-8,10-12H,3,5,9H2,1H3,(H,19,20)(H,22,23,24). The first-order valence-corrected chi connectivity index (χ1v) is 9.03. The zero-order valence-corrected chi connectivity index (χ0v) is 15.1. The molecule has 0 radical (unpaired) electrons. The van der Waals surface area contributed by atoms with Gasteiger partial charge in [0.25, 0.3) is 5.91 Å². The van der Waals surface area contributed by atoms with Gasteiger partial charge >= 0.3 is 0 Å². The summed E-state index contributed by atoms with van der Waals surface area (Å²) in [6.45, 7) is 0.792. The molecule has 3 rings (SSSR count). The number of aryl methyl sites for hydroxylation is 1. The Balaban J connectivity index is 1.44. The van der Waals surface area contributed by atoms with Crippen LogP contribution in [0.5, 0.6) is 5.75 Å². The van der Waals surface area contributed by atoms with Gasteiger partial charge in [0.15, 0.2) is 0 Å². The molecule has 7 nitrogen and oxygen atoms in total. The first kappa shape index (κ1) is 17.8. The second-order valence-electron chi connectivity index (χ2n) is 5.51. The summed E-state index contributed by atoms with van der Waals surface area (Å²) in [7, 11) is 1.67. The molecule has 0 unspecified atom stereocenters. The molecule has 0 fully saturated rings. The van der Waals surface area contributed by atoms with Crippen LogP contribution in [0, 0.1) is 0 Å². The Morgan fingerprint density at radius 1 is 1.27 bits per heavy atom. The van der Waals surface area contributed by atoms with Gasteiger partial charge in [0.2, 0.25) is 5.13 Å². The van der Waals surface area contributed by atoms with E-state index in [0.717, 1.165) is 31.0 Å². The lowest BCUT2D eigenvalue weighted by molar-refractivity contribution is 0.102. The number of anilines is 2. The molecule has 2 N–H and O–H groups in total. The third kappa shape index (κ3) is 5.00. The molecule has 8 heteroatoms. The molecule has 0 atom stereocenters. The van der Waals surface area contributed by atoms with Gasteiger partial charge in [-0.05, 0) is 42.7 Å². The number of hydrogen-bond acceptors (Lipinski definition) is 7. The minimum Gasteiger partial charge on any atom is -0.497 e. The number of ether oxygens (including phenoxy) is 1. The van der Waals surface area contributed by atoms with E-state index in [9.17, 15) is 4.79 Å². The van der Waals surface area contributed by atoms with Crippen LogP contribution in [0.3, 0.4) is 0 Å². The van der Waals surface area contributed by atoms with E-state index in [1.165, 1.54) is 16.9 Å². The molecule has 1 aromatic carbocycles. The average molecular weight is 369 g/mol. The molecule has 0 aliphatic rings. The van der Waals surface area contributed by atoms with Crippen molar-refractivity contribution >= 4 is 28.2 Å². The smallest absolute Gasteiger partial charge is 0.259 e. The fourth-order valence-corrected chi connectivity index (χ4v) is 2.81. The normalized spacial score (nSPS) is 10.3. The van der Waals surface area contributed by atoms with E-state index in [-0.39, 0.29) is 5.91 Å². The van der Waals surface area contributed by atoms with Crippen LogP contribution in [0.15, 0.2) is 48.1 Å². The molecule has 0 saturated heterocycles. The maximum atomic E-state index is 12.1. The minimum absolute atomic E-state index is 0.251. The van der Waals surface area contributed by atoms with Crippen molar-refractivity contribution in [2.45, 2.75) is 12.8 Å². The highest BCUT2D eigenvalue weighted by Gasteiger charge is 2.08. The number of pyridine rings is 1. The van der Waals surface area contributed by atoms with E-state index in [4.69, 9.17) is 4.74 Å². The van der Waals surface area contributed by atoms with Crippen LogP contribution in [0.4, 0.5) is 10.9 Å². The largest absolute Gasteiger partial charge is 0.497 e. The Morgan fingerprint density at radius 2 is 2.19 bits per heavy atom. The van der Waals surface area contributed by atoms with E-state index in [1.807, 2.05) is 18.2 Å². The maximum absolute atomic E-state index is 12.1. The van der Waals surface area contributed by atoms with Gasteiger partial charge in [-0.1, -0.05) is 23.5 Å². The molecule has 0 aliphatic heterocycles. The van der Waals surface area contributed by atoms with Gasteiger partial charge in [-0.15, -0.1) is 10.2 Å². The lowest BCUT2D eigenvalue weighted by Gasteiger charge is -2.07. The van der Waals surface area contributed by atoms with Gasteiger partial charge in [0.05, 0.1) is 12.7 Å². The summed E-state index contributed by atoms with van der Waals surface area (Å²) in [5.41, 5.74) is 3.27. The SMILES string of the molecule is COc1cccc(CCCNc2ccc(C(=O)Nc3nncs3)cn2)c1. The number of methoxy groups -OCH3 is 1. The minimum atomic E-state index is -0.251. The third-order valence-electron chi connectivity index (χ3n) is 3.69. The second-order valence-corrected chi connectivity index (χ2v) is 6.35. The number of aromatic nitrogens is 3. The predicted octanol–water partition coefficient (Wildman–Crippen LogP) is 3.24. The van der Waals surface area contributed by atoms with Crippen LogP contribution in [0.1, 0.15) is 22.3 Å². The number of nitrogens with one attached hydrogen (secondary N) is 2. The summed E-state index contributed by atoms with van der Waals surface area (Å²) in [6, 6.07) is 11.6. The van der Waals surface area contributed by atoms with Crippen molar-refractivity contribution in [3.8, 4) is 5.75 Å². The van der Waals surface area contributed by atoms with E-state index < -0.39 is 0 Å². The van der Waals surface area contributed by atoms with Gasteiger partial charge in [0.1, 0.15) is 17.1 Å². The summed E-state index contributed by atoms with van der Waals surface area (Å²) < 4.78 is 5.23. The maximum Gasteiger partial charge on any atom is 0.259 e. The molecule has 3 aromatic rings. The zero-order valence-electron chi connectivity index (χ0n) is 14.3. The summed E-state index contributed by atoms with van der Waals surface area (Å²) in [4.78, 5) is 16.3. The highest BCUT2D eigenvalue weighted by atomic mass is 32.1. The average Bonchev–Trinajstić information content (AvgIpc) is 3.19. The van der Waals surface area contributed by atoms with Crippen LogP contribution < -0.4 is 15.4 Å². The van der Waals surface area contributed by atoms with Crippen LogP contribution in [-0.2, 0) is 6.42 Å². The molecule has 1 amide bonds. The van der Waals surface area contributed by atoms with Gasteiger partial charge in [0, 0.05) is 12.7 Å². The monoisotopic (exact) mass is 369 g/mol. The van der Waals surface area contributed by atoms with Crippen molar-refractivity contribution < 1.29 is 9.53 Å². The fraction of sp³-hybridized carbons (Fsp3) is 0.222. The third-order valence-corrected chi connectivity index (χ3v) is 4.30. The van der Waals surface area contributed by atoms with Crippen molar-refractivity contribution in [1.82, 2.24) is 15.2 Å². The van der Waals surface area contributed by atoms with E-state index in [0.29, 0.717) is 10.7 Å². The Bertz CT molecular complexity index is 837. The highest BCUT2D eigenvalue weighted by Crippen LogP contribution is 2.14. The number of nitrogens with zero attached hydrogens (tertiary/aromatic N) is 3. The number of carbonyl (C=O) groups is 1. The Kier molecular flexibility index (Phi) is 6.10. The molecule has 2 heterocycles. The number of amides is 1. The van der Waals surface area contributed by atoms with E-state index in [2.05, 4.69) is 31.9 Å². The Morgan fingerprint density at radius 3 is 2.92 bits per heavy atom. The number of hydrogen-bond donors (Lipinski definition) is 2. The second kappa shape index (κ2) is 8.91. The Hall–Kier alpha value is -3.00. The van der Waals surface area contributed by atoms with Crippen LogP contribution in [0.2, 0.25) is 0 Å². The van der Waals surface area contributed by atoms with Crippen molar-refractivity contribution in [1.29, 1.82) is 0 Å². The molecule has 134 valence electrons. The summed E-state index contributed by atoms with van der Waals surface area (Å²) >= 11 is 1.27. The van der Waals surface area contributed by atoms with Crippen LogP contribution >= 0.6 is 11.3 Å². The molecule has 0 saturated carbocycles. The summed E-state index contributed by atoms with van der Waals surface area (Å²) in [5, 5.41) is 13.9. The lowest BCUT2D eigenvalue weighted by Crippen LogP contribution is -2.12. The van der Waals surface area contributed by atoms with Crippen molar-refractivity contribution in [3.63, 3.8) is 0 Å². The fourth-order valence-electron chi connectivity index (χ4n) is 2.37. The van der Waals surface area contributed by atoms with Crippen LogP contribution in [0.25, 0.3) is 0 Å². The molecule has 0 aliphatic carbocycles. The molecular formula is C18H19N5O2S. The molecule has 26 heavy (non-hydrogen) atoms. The van der Waals surface area contributed by atoms with Gasteiger partial charge in [-0.25, -0.2) is 4.98 Å². The van der Waals surface area contributed by atoms with Crippen molar-refractivity contribution in [3.05, 3.63) is 59.2 Å². The summed E-state index contributed by atoms with van der Waals surface area (Å²) in [5.74, 6) is 1.36. The lowest BCUT2D eigenvalue weighted by atomic mass is 10.1. The van der Waals surface area contributed by atoms with Crippen molar-refractivity contribution in [2.24, 2.45) is 0 Å². The first-order chi connectivity index (χ1) is 12.7. The predicted molar refractivity (Wildman–Crippen MR) is 102 cm³/mol. The van der Waals surface area contributed by atoms with Gasteiger partial charge in [-0.3, -0.25) is 10.1 Å². The molecule has 2 aromatic heterocycles. The quantitative estimate of drug-likeness (QED) is 0.593. The zero-order chi connectivity index (χ0) is 18.2. The van der Waals surface area contributed by atoms with Crippen LogP contribution in [-0.4, -0.2) is 34.7 Å². The van der Waals surface area contributed by atoms with Crippen molar-refractivity contribution in [2.75, 3.05) is 24.3 Å². The number of rotatable bonds is 8. The number of carbonyl (C=O) groups excluding carboxylic acids is 1. The van der Waals surface area contributed by atoms with Gasteiger partial charge in [-0.2, -0.15) is 0 Å². The van der Waals surface area contributed by atoms with E-state index >= 15 is 0 Å².